The minimum atomic E-state index is -5.47. The quantitative estimate of drug-likeness (QED) is 0.0435. The molecule has 1 aromatic heterocycles. The number of phenolic OH excluding ortho intramolecular Hbond substituents is 3. The third kappa shape index (κ3) is 10.2. The van der Waals surface area contributed by atoms with Crippen molar-refractivity contribution < 1.29 is 80.2 Å². The van der Waals surface area contributed by atoms with Crippen molar-refractivity contribution in [1.29, 1.82) is 0 Å². The van der Waals surface area contributed by atoms with Crippen molar-refractivity contribution in [1.82, 2.24) is 15.0 Å². The van der Waals surface area contributed by atoms with Gasteiger partial charge in [0.2, 0.25) is 17.2 Å². The molecular formula is C35H24ClN9O18S5. The maximum atomic E-state index is 12.7. The van der Waals surface area contributed by atoms with Gasteiger partial charge in [-0.2, -0.15) is 57.0 Å². The second-order valence-corrected chi connectivity index (χ2v) is 20.8. The number of hydrogen-bond donors (Lipinski definition) is 10. The van der Waals surface area contributed by atoms with Crippen LogP contribution >= 0.6 is 11.6 Å². The smallest absolute Gasteiger partial charge is 0.296 e. The minimum Gasteiger partial charge on any atom is -0.506 e. The summed E-state index contributed by atoms with van der Waals surface area (Å²) in [6.07, 6.45) is 0. The lowest BCUT2D eigenvalue weighted by Gasteiger charge is -2.12. The molecule has 0 saturated carbocycles. The first kappa shape index (κ1) is 48.8. The highest BCUT2D eigenvalue weighted by atomic mass is 35.5. The lowest BCUT2D eigenvalue weighted by atomic mass is 10.1. The van der Waals surface area contributed by atoms with Crippen molar-refractivity contribution in [2.75, 3.05) is 10.6 Å². The number of rotatable bonds is 13. The number of halogens is 1. The van der Waals surface area contributed by atoms with E-state index in [9.17, 15) is 80.2 Å². The number of aromatic hydroxyl groups is 3. The Labute approximate surface area is 386 Å². The molecule has 0 amide bonds. The molecule has 0 radical (unpaired) electrons. The second-order valence-electron chi connectivity index (χ2n) is 13.5. The summed E-state index contributed by atoms with van der Waals surface area (Å²) in [5.41, 5.74) is -3.51. The number of aromatic nitrogens is 3. The minimum absolute atomic E-state index is 0.0777. The zero-order valence-electron chi connectivity index (χ0n) is 32.8. The van der Waals surface area contributed by atoms with Crippen LogP contribution in [0.15, 0.2) is 130 Å². The molecule has 6 aromatic carbocycles. The molecule has 33 heteroatoms. The fourth-order valence-corrected chi connectivity index (χ4v) is 9.63. The zero-order valence-corrected chi connectivity index (χ0v) is 37.6. The van der Waals surface area contributed by atoms with Gasteiger partial charge in [0.05, 0.1) is 4.90 Å². The fourth-order valence-electron chi connectivity index (χ4n) is 6.22. The summed E-state index contributed by atoms with van der Waals surface area (Å²) < 4.78 is 172. The molecule has 68 heavy (non-hydrogen) atoms. The van der Waals surface area contributed by atoms with Gasteiger partial charge in [0.1, 0.15) is 48.1 Å². The van der Waals surface area contributed by atoms with Crippen molar-refractivity contribution in [3.05, 3.63) is 90.2 Å². The van der Waals surface area contributed by atoms with Gasteiger partial charge in [-0.25, -0.2) is 0 Å². The maximum Gasteiger partial charge on any atom is 0.296 e. The van der Waals surface area contributed by atoms with Crippen LogP contribution < -0.4 is 10.6 Å². The second kappa shape index (κ2) is 17.5. The first-order chi connectivity index (χ1) is 31.5. The topological polar surface area (TPSA) is 445 Å². The van der Waals surface area contributed by atoms with E-state index in [4.69, 9.17) is 11.6 Å². The molecule has 27 nitrogen and oxygen atoms in total. The van der Waals surface area contributed by atoms with Gasteiger partial charge in [-0.15, -0.1) is 20.5 Å². The molecule has 0 spiro atoms. The van der Waals surface area contributed by atoms with E-state index < -0.39 is 142 Å². The Hall–Kier alpha value is -7.11. The van der Waals surface area contributed by atoms with Crippen LogP contribution in [0.2, 0.25) is 5.28 Å². The zero-order chi connectivity index (χ0) is 49.9. The predicted molar refractivity (Wildman–Crippen MR) is 235 cm³/mol. The molecule has 354 valence electrons. The van der Waals surface area contributed by atoms with Crippen LogP contribution in [-0.4, -0.2) is 95.1 Å². The number of phenols is 3. The highest BCUT2D eigenvalue weighted by molar-refractivity contribution is 7.87. The van der Waals surface area contributed by atoms with Crippen LogP contribution in [0.1, 0.15) is 0 Å². The van der Waals surface area contributed by atoms with E-state index in [1.165, 1.54) is 12.1 Å². The molecule has 7 rings (SSSR count). The predicted octanol–water partition coefficient (Wildman–Crippen LogP) is 6.50. The highest BCUT2D eigenvalue weighted by Gasteiger charge is 2.28. The molecule has 0 aliphatic rings. The summed E-state index contributed by atoms with van der Waals surface area (Å²) in [5, 5.41) is 50.2. The molecule has 0 fully saturated rings. The highest BCUT2D eigenvalue weighted by Crippen LogP contribution is 2.48. The maximum absolute atomic E-state index is 12.7. The van der Waals surface area contributed by atoms with Gasteiger partial charge in [-0.3, -0.25) is 22.8 Å². The molecule has 0 bridgehead atoms. The molecule has 1 heterocycles. The van der Waals surface area contributed by atoms with E-state index in [1.807, 2.05) is 0 Å². The van der Waals surface area contributed by atoms with Gasteiger partial charge in [0.15, 0.2) is 11.5 Å². The van der Waals surface area contributed by atoms with Crippen molar-refractivity contribution in [2.45, 2.75) is 24.5 Å². The number of nitrogens with one attached hydrogen (secondary N) is 2. The molecule has 0 atom stereocenters. The van der Waals surface area contributed by atoms with Gasteiger partial charge in [-0.05, 0) is 78.3 Å². The van der Waals surface area contributed by atoms with Crippen LogP contribution in [0.5, 0.6) is 17.2 Å². The summed E-state index contributed by atoms with van der Waals surface area (Å²) >= 11 is 6.02. The Morgan fingerprint density at radius 1 is 0.456 bits per heavy atom. The summed E-state index contributed by atoms with van der Waals surface area (Å²) in [4.78, 5) is 6.98. The number of anilines is 4. The van der Waals surface area contributed by atoms with E-state index in [-0.39, 0.29) is 23.3 Å². The largest absolute Gasteiger partial charge is 0.506 e. The van der Waals surface area contributed by atoms with Crippen molar-refractivity contribution >= 4 is 130 Å². The first-order valence-corrected chi connectivity index (χ1v) is 25.3. The lowest BCUT2D eigenvalue weighted by molar-refractivity contribution is 0.470. The van der Waals surface area contributed by atoms with Crippen LogP contribution in [0.4, 0.5) is 46.0 Å². The van der Waals surface area contributed by atoms with Crippen LogP contribution in [0, 0.1) is 0 Å². The van der Waals surface area contributed by atoms with Gasteiger partial charge >= 0.3 is 0 Å². The Morgan fingerprint density at radius 3 is 1.63 bits per heavy atom. The SMILES string of the molecule is O=S(=O)(O)c1cccc(Nc2nc(Cl)nc(Nc3ccc(N=Nc4c(S(=O)(=O)O)cc5c(N=Nc6cc(S(=O)(=O)O)c7cccc(S(=O)(=O)O)c7c6O)c(O)ccc5c4O)c(S(=O)(=O)O)c3)n2)c1. The van der Waals surface area contributed by atoms with E-state index in [2.05, 4.69) is 46.0 Å². The van der Waals surface area contributed by atoms with E-state index in [0.29, 0.717) is 12.1 Å². The van der Waals surface area contributed by atoms with Crippen LogP contribution in [-0.2, 0) is 50.6 Å². The van der Waals surface area contributed by atoms with Crippen LogP contribution in [0.3, 0.4) is 0 Å². The van der Waals surface area contributed by atoms with E-state index >= 15 is 0 Å². The Kier molecular flexibility index (Phi) is 12.6. The average molecular weight is 1050 g/mol. The number of nitrogens with zero attached hydrogens (tertiary/aromatic N) is 7. The van der Waals surface area contributed by atoms with Crippen LogP contribution in [0.25, 0.3) is 21.5 Å². The molecule has 0 aliphatic heterocycles. The monoisotopic (exact) mass is 1050 g/mol. The van der Waals surface area contributed by atoms with Gasteiger partial charge in [0, 0.05) is 32.9 Å². The molecule has 7 aromatic rings. The number of hydrogen-bond acceptors (Lipinski definition) is 22. The average Bonchev–Trinajstić information content (AvgIpc) is 3.21. The van der Waals surface area contributed by atoms with Gasteiger partial charge in [0.25, 0.3) is 50.6 Å². The number of fused-ring (bicyclic) bond motifs is 2. The summed E-state index contributed by atoms with van der Waals surface area (Å²) in [6.45, 7) is 0. The summed E-state index contributed by atoms with van der Waals surface area (Å²) in [5.74, 6) is -3.70. The summed E-state index contributed by atoms with van der Waals surface area (Å²) in [7, 11) is -25.7. The lowest BCUT2D eigenvalue weighted by Crippen LogP contribution is -2.05. The normalized spacial score (nSPS) is 12.9. The molecule has 10 N–H and O–H groups in total. The summed E-state index contributed by atoms with van der Waals surface area (Å²) in [6, 6.07) is 13.4. The molecule has 0 saturated heterocycles. The first-order valence-electron chi connectivity index (χ1n) is 17.7. The Bertz CT molecular complexity index is 3960. The third-order valence-corrected chi connectivity index (χ3v) is 13.6. The van der Waals surface area contributed by atoms with Crippen molar-refractivity contribution in [3.8, 4) is 17.2 Å². The van der Waals surface area contributed by atoms with E-state index in [1.54, 1.807) is 0 Å². The van der Waals surface area contributed by atoms with Gasteiger partial charge in [-0.1, -0.05) is 18.2 Å². The fraction of sp³-hybridized carbons (Fsp3) is 0. The molecular weight excluding hydrogens is 1030 g/mol. The molecule has 0 aliphatic carbocycles. The third-order valence-electron chi connectivity index (χ3n) is 9.06. The number of benzene rings is 6. The Morgan fingerprint density at radius 2 is 1.03 bits per heavy atom. The van der Waals surface area contributed by atoms with Crippen molar-refractivity contribution in [3.63, 3.8) is 0 Å². The van der Waals surface area contributed by atoms with E-state index in [0.717, 1.165) is 60.7 Å². The molecule has 0 unspecified atom stereocenters. The number of azo groups is 2. The standard InChI is InChI=1S/C35H24ClN9O18S5/c36-33-39-34(37-15-3-1-4-17(11-15)64(49,50)51)41-35(40-33)38-16-7-9-21(26(12-16)67(58,59)60)42-45-30-27(68(61,62)63)13-20-18(31(30)47)8-10-23(46)29(20)44-43-22-14-25(66(55,56)57)19-5-2-6-24(65(52,53)54)28(19)32(22)48/h1-14,46-48H,(H,49,50,51)(H,52,53,54)(H,55,56,57)(H,58,59,60)(H,61,62,63)(H2,37,38,39,40,41). The van der Waals surface area contributed by atoms with Gasteiger partial charge < -0.3 is 26.0 Å². The Balaban J connectivity index is 1.28. The van der Waals surface area contributed by atoms with Crippen molar-refractivity contribution in [2.24, 2.45) is 20.5 Å².